The molecule has 1 aliphatic heterocycles. The molecule has 0 spiro atoms. The summed E-state index contributed by atoms with van der Waals surface area (Å²) in [7, 11) is 0. The van der Waals surface area contributed by atoms with E-state index in [0.29, 0.717) is 35.4 Å². The molecular weight excluding hydrogens is 392 g/mol. The third-order valence-electron chi connectivity index (χ3n) is 3.71. The molecule has 0 unspecified atom stereocenters. The summed E-state index contributed by atoms with van der Waals surface area (Å²) >= 11 is 9.25. The van der Waals surface area contributed by atoms with Gasteiger partial charge in [0.25, 0.3) is 0 Å². The van der Waals surface area contributed by atoms with Crippen molar-refractivity contribution in [3.63, 3.8) is 0 Å². The summed E-state index contributed by atoms with van der Waals surface area (Å²) in [5.41, 5.74) is 1.47. The number of thiazole rings is 1. The largest absolute Gasteiger partial charge is 0.490 e. The minimum absolute atomic E-state index is 0.148. The van der Waals surface area contributed by atoms with Crippen LogP contribution in [0.1, 0.15) is 6.42 Å². The lowest BCUT2D eigenvalue weighted by molar-refractivity contribution is -0.113. The number of thioether (sulfide) groups is 1. The number of ether oxygens (including phenoxy) is 2. The van der Waals surface area contributed by atoms with Crippen LogP contribution in [0.3, 0.4) is 0 Å². The number of hydrogen-bond donors (Lipinski definition) is 1. The predicted octanol–water partition coefficient (Wildman–Crippen LogP) is 4.84. The van der Waals surface area contributed by atoms with Crippen LogP contribution >= 0.6 is 34.7 Å². The maximum Gasteiger partial charge on any atom is 0.234 e. The molecule has 0 fully saturated rings. The van der Waals surface area contributed by atoms with Crippen LogP contribution < -0.4 is 14.8 Å². The van der Waals surface area contributed by atoms with Crippen LogP contribution in [0.25, 0.3) is 10.2 Å². The first kappa shape index (κ1) is 17.5. The molecule has 0 atom stereocenters. The zero-order chi connectivity index (χ0) is 17.9. The molecule has 5 nitrogen and oxygen atoms in total. The van der Waals surface area contributed by atoms with Crippen molar-refractivity contribution in [2.24, 2.45) is 0 Å². The second-order valence-corrected chi connectivity index (χ2v) is 8.27. The van der Waals surface area contributed by atoms with Gasteiger partial charge in [0.1, 0.15) is 0 Å². The maximum absolute atomic E-state index is 12.3. The number of amides is 1. The number of carbonyl (C=O) groups is 1. The van der Waals surface area contributed by atoms with Gasteiger partial charge in [-0.3, -0.25) is 4.79 Å². The van der Waals surface area contributed by atoms with Crippen LogP contribution in [0, 0.1) is 0 Å². The molecule has 1 N–H and O–H groups in total. The lowest BCUT2D eigenvalue weighted by atomic mass is 10.2. The molecule has 0 bridgehead atoms. The number of para-hydroxylation sites is 1. The molecule has 1 aliphatic rings. The van der Waals surface area contributed by atoms with Gasteiger partial charge in [-0.2, -0.15) is 0 Å². The number of nitrogens with zero attached hydrogens (tertiary/aromatic N) is 1. The highest BCUT2D eigenvalue weighted by Crippen LogP contribution is 2.38. The van der Waals surface area contributed by atoms with Crippen LogP contribution in [-0.4, -0.2) is 29.9 Å². The van der Waals surface area contributed by atoms with Crippen molar-refractivity contribution < 1.29 is 14.3 Å². The van der Waals surface area contributed by atoms with Gasteiger partial charge in [-0.05, 0) is 12.1 Å². The number of aromatic nitrogens is 1. The van der Waals surface area contributed by atoms with Gasteiger partial charge in [-0.25, -0.2) is 4.98 Å². The van der Waals surface area contributed by atoms with Crippen LogP contribution in [-0.2, 0) is 4.79 Å². The Morgan fingerprint density at radius 1 is 1.23 bits per heavy atom. The van der Waals surface area contributed by atoms with Crippen molar-refractivity contribution in [2.75, 3.05) is 24.3 Å². The Bertz CT molecular complexity index is 928. The first-order chi connectivity index (χ1) is 12.7. The average molecular weight is 407 g/mol. The standard InChI is InChI=1S/C18H15ClN2O3S2/c19-11-8-14-15(24-7-3-6-23-14)9-13(11)20-17(22)10-25-18-21-12-4-1-2-5-16(12)26-18/h1-2,4-5,8-9H,3,6-7,10H2,(H,20,22). The maximum atomic E-state index is 12.3. The molecule has 4 rings (SSSR count). The SMILES string of the molecule is O=C(CSc1nc2ccccc2s1)Nc1cc2c(cc1Cl)OCCCO2. The molecule has 26 heavy (non-hydrogen) atoms. The summed E-state index contributed by atoms with van der Waals surface area (Å²) in [4.78, 5) is 16.8. The van der Waals surface area contributed by atoms with Gasteiger partial charge in [0.15, 0.2) is 15.8 Å². The lowest BCUT2D eigenvalue weighted by Gasteiger charge is -2.12. The fraction of sp³-hybridized carbons (Fsp3) is 0.222. The van der Waals surface area contributed by atoms with Crippen LogP contribution in [0.5, 0.6) is 11.5 Å². The Hall–Kier alpha value is -1.96. The first-order valence-electron chi connectivity index (χ1n) is 8.06. The number of benzene rings is 2. The molecule has 3 aromatic rings. The fourth-order valence-electron chi connectivity index (χ4n) is 2.51. The minimum Gasteiger partial charge on any atom is -0.490 e. The minimum atomic E-state index is -0.148. The van der Waals surface area contributed by atoms with Crippen molar-refractivity contribution in [1.82, 2.24) is 4.98 Å². The van der Waals surface area contributed by atoms with E-state index in [-0.39, 0.29) is 11.7 Å². The highest BCUT2D eigenvalue weighted by atomic mass is 35.5. The second kappa shape index (κ2) is 7.73. The summed E-state index contributed by atoms with van der Waals surface area (Å²) < 4.78 is 13.2. The van der Waals surface area contributed by atoms with Crippen molar-refractivity contribution in [1.29, 1.82) is 0 Å². The molecule has 0 saturated heterocycles. The van der Waals surface area contributed by atoms with Crippen LogP contribution in [0.2, 0.25) is 5.02 Å². The quantitative estimate of drug-likeness (QED) is 0.628. The van der Waals surface area contributed by atoms with Crippen molar-refractivity contribution in [2.45, 2.75) is 10.8 Å². The third kappa shape index (κ3) is 3.90. The van der Waals surface area contributed by atoms with Gasteiger partial charge in [-0.15, -0.1) is 11.3 Å². The molecule has 0 saturated carbocycles. The lowest BCUT2D eigenvalue weighted by Crippen LogP contribution is -2.14. The smallest absolute Gasteiger partial charge is 0.234 e. The van der Waals surface area contributed by atoms with Gasteiger partial charge in [0, 0.05) is 18.6 Å². The second-order valence-electron chi connectivity index (χ2n) is 5.61. The first-order valence-corrected chi connectivity index (χ1v) is 10.2. The molecule has 8 heteroatoms. The Morgan fingerprint density at radius 2 is 2.00 bits per heavy atom. The average Bonchev–Trinajstić information content (AvgIpc) is 2.92. The van der Waals surface area contributed by atoms with Gasteiger partial charge in [0.05, 0.1) is 39.9 Å². The molecule has 0 radical (unpaired) electrons. The van der Waals surface area contributed by atoms with E-state index in [9.17, 15) is 4.79 Å². The van der Waals surface area contributed by atoms with E-state index in [1.54, 1.807) is 23.5 Å². The molecule has 1 aromatic heterocycles. The highest BCUT2D eigenvalue weighted by Gasteiger charge is 2.16. The summed E-state index contributed by atoms with van der Waals surface area (Å²) in [6, 6.07) is 11.3. The van der Waals surface area contributed by atoms with E-state index in [0.717, 1.165) is 21.0 Å². The van der Waals surface area contributed by atoms with E-state index >= 15 is 0 Å². The zero-order valence-corrected chi connectivity index (χ0v) is 16.0. The van der Waals surface area contributed by atoms with Gasteiger partial charge >= 0.3 is 0 Å². The predicted molar refractivity (Wildman–Crippen MR) is 106 cm³/mol. The number of carbonyl (C=O) groups excluding carboxylic acids is 1. The van der Waals surface area contributed by atoms with E-state index in [1.807, 2.05) is 24.3 Å². The van der Waals surface area contributed by atoms with E-state index in [2.05, 4.69) is 10.3 Å². The summed E-state index contributed by atoms with van der Waals surface area (Å²) in [5.74, 6) is 1.31. The zero-order valence-electron chi connectivity index (χ0n) is 13.7. The molecule has 134 valence electrons. The number of rotatable bonds is 4. The fourth-order valence-corrected chi connectivity index (χ4v) is 4.58. The molecule has 0 aliphatic carbocycles. The van der Waals surface area contributed by atoms with Crippen LogP contribution in [0.15, 0.2) is 40.7 Å². The van der Waals surface area contributed by atoms with Crippen molar-refractivity contribution in [3.8, 4) is 11.5 Å². The van der Waals surface area contributed by atoms with Crippen molar-refractivity contribution in [3.05, 3.63) is 41.4 Å². The van der Waals surface area contributed by atoms with E-state index in [4.69, 9.17) is 21.1 Å². The Labute approximate surface area is 163 Å². The monoisotopic (exact) mass is 406 g/mol. The van der Waals surface area contributed by atoms with E-state index < -0.39 is 0 Å². The van der Waals surface area contributed by atoms with E-state index in [1.165, 1.54) is 11.8 Å². The molecule has 2 heterocycles. The van der Waals surface area contributed by atoms with Gasteiger partial charge < -0.3 is 14.8 Å². The Kier molecular flexibility index (Phi) is 5.19. The number of fused-ring (bicyclic) bond motifs is 2. The molecular formula is C18H15ClN2O3S2. The number of hydrogen-bond acceptors (Lipinski definition) is 6. The Morgan fingerprint density at radius 3 is 2.81 bits per heavy atom. The third-order valence-corrected chi connectivity index (χ3v) is 6.20. The molecule has 2 aromatic carbocycles. The number of nitrogens with one attached hydrogen (secondary N) is 1. The normalized spacial score (nSPS) is 13.4. The van der Waals surface area contributed by atoms with Crippen LogP contribution in [0.4, 0.5) is 5.69 Å². The summed E-state index contributed by atoms with van der Waals surface area (Å²) in [6.07, 6.45) is 0.812. The van der Waals surface area contributed by atoms with Gasteiger partial charge in [-0.1, -0.05) is 35.5 Å². The van der Waals surface area contributed by atoms with Crippen molar-refractivity contribution >= 4 is 56.5 Å². The number of anilines is 1. The summed E-state index contributed by atoms with van der Waals surface area (Å²) in [5, 5.41) is 3.26. The highest BCUT2D eigenvalue weighted by molar-refractivity contribution is 8.01. The number of halogens is 1. The Balaban J connectivity index is 1.42. The summed E-state index contributed by atoms with van der Waals surface area (Å²) in [6.45, 7) is 1.17. The van der Waals surface area contributed by atoms with Gasteiger partial charge in [0.2, 0.25) is 5.91 Å². The molecule has 1 amide bonds. The topological polar surface area (TPSA) is 60.5 Å².